The van der Waals surface area contributed by atoms with Crippen molar-refractivity contribution in [3.05, 3.63) is 0 Å². The minimum absolute atomic E-state index is 0.837. The van der Waals surface area contributed by atoms with E-state index in [1.54, 1.807) is 0 Å². The Morgan fingerprint density at radius 1 is 0.520 bits per heavy atom. The van der Waals surface area contributed by atoms with Crippen molar-refractivity contribution in [3.8, 4) is 0 Å². The lowest BCUT2D eigenvalue weighted by Gasteiger charge is -2.25. The summed E-state index contributed by atoms with van der Waals surface area (Å²) < 4.78 is 0. The molecule has 25 heavy (non-hydrogen) atoms. The van der Waals surface area contributed by atoms with E-state index in [4.69, 9.17) is 0 Å². The quantitative estimate of drug-likeness (QED) is 0.276. The highest BCUT2D eigenvalue weighted by Crippen LogP contribution is 2.30. The molecule has 0 aliphatic rings. The molecule has 0 aromatic heterocycles. The van der Waals surface area contributed by atoms with Gasteiger partial charge in [-0.25, -0.2) is 0 Å². The highest BCUT2D eigenvalue weighted by molar-refractivity contribution is 4.70. The molecule has 5 unspecified atom stereocenters. The standard InChI is InChI=1S/C25H52/c1-10-24(18-23(9)19(4)5)16-14-21(7)17-20(6)13-15-22(8)25(11-2)12-3/h19-25H,10-18H2,1-9H3. The zero-order chi connectivity index (χ0) is 19.4. The van der Waals surface area contributed by atoms with E-state index < -0.39 is 0 Å². The van der Waals surface area contributed by atoms with Crippen LogP contribution in [-0.2, 0) is 0 Å². The zero-order valence-corrected chi connectivity index (χ0v) is 19.4. The first kappa shape index (κ1) is 25.0. The van der Waals surface area contributed by atoms with E-state index >= 15 is 0 Å². The van der Waals surface area contributed by atoms with Crippen LogP contribution in [0.2, 0.25) is 0 Å². The van der Waals surface area contributed by atoms with Crippen molar-refractivity contribution in [2.75, 3.05) is 0 Å². The van der Waals surface area contributed by atoms with Crippen molar-refractivity contribution in [2.24, 2.45) is 41.4 Å². The Kier molecular flexibility index (Phi) is 14.1. The summed E-state index contributed by atoms with van der Waals surface area (Å²) in [5.74, 6) is 6.33. The largest absolute Gasteiger partial charge is 0.0651 e. The van der Waals surface area contributed by atoms with Gasteiger partial charge in [0.05, 0.1) is 0 Å². The predicted octanol–water partition coefficient (Wildman–Crippen LogP) is 8.99. The van der Waals surface area contributed by atoms with Crippen molar-refractivity contribution in [2.45, 2.75) is 120 Å². The third kappa shape index (κ3) is 11.3. The van der Waals surface area contributed by atoms with Gasteiger partial charge in [0.15, 0.2) is 0 Å². The molecule has 0 saturated carbocycles. The summed E-state index contributed by atoms with van der Waals surface area (Å²) in [5.41, 5.74) is 0. The molecule has 5 atom stereocenters. The third-order valence-corrected chi connectivity index (χ3v) is 7.26. The minimum atomic E-state index is 0.837. The van der Waals surface area contributed by atoms with Crippen LogP contribution in [0.5, 0.6) is 0 Å². The molecule has 0 fully saturated rings. The summed E-state index contributed by atoms with van der Waals surface area (Å²) in [5, 5.41) is 0. The first-order valence-electron chi connectivity index (χ1n) is 11.7. The molecule has 0 aromatic carbocycles. The van der Waals surface area contributed by atoms with Gasteiger partial charge in [0, 0.05) is 0 Å². The molecule has 0 spiro atoms. The molecule has 0 nitrogen and oxygen atoms in total. The van der Waals surface area contributed by atoms with Crippen molar-refractivity contribution in [3.63, 3.8) is 0 Å². The van der Waals surface area contributed by atoms with Gasteiger partial charge >= 0.3 is 0 Å². The van der Waals surface area contributed by atoms with Crippen LogP contribution in [0.15, 0.2) is 0 Å². The molecule has 0 amide bonds. The highest BCUT2D eigenvalue weighted by atomic mass is 14.2. The first-order valence-corrected chi connectivity index (χ1v) is 11.7. The Morgan fingerprint density at radius 2 is 1.04 bits per heavy atom. The van der Waals surface area contributed by atoms with Gasteiger partial charge in [0.25, 0.3) is 0 Å². The Balaban J connectivity index is 4.08. The fraction of sp³-hybridized carbons (Fsp3) is 1.00. The van der Waals surface area contributed by atoms with Crippen molar-refractivity contribution >= 4 is 0 Å². The van der Waals surface area contributed by atoms with Gasteiger partial charge in [-0.1, -0.05) is 107 Å². The minimum Gasteiger partial charge on any atom is -0.0651 e. The molecule has 0 bridgehead atoms. The van der Waals surface area contributed by atoms with Crippen LogP contribution in [0.25, 0.3) is 0 Å². The second kappa shape index (κ2) is 14.1. The SMILES string of the molecule is CCC(CCC(C)CC(C)CCC(C)C(CC)CC)CC(C)C(C)C. The molecule has 0 aliphatic carbocycles. The number of hydrogen-bond donors (Lipinski definition) is 0. The lowest BCUT2D eigenvalue weighted by molar-refractivity contribution is 0.262. The average Bonchev–Trinajstić information content (AvgIpc) is 2.57. The molecule has 0 aliphatic heterocycles. The van der Waals surface area contributed by atoms with E-state index in [9.17, 15) is 0 Å². The summed E-state index contributed by atoms with van der Waals surface area (Å²) in [4.78, 5) is 0. The third-order valence-electron chi connectivity index (χ3n) is 7.26. The van der Waals surface area contributed by atoms with Gasteiger partial charge in [0.1, 0.15) is 0 Å². The van der Waals surface area contributed by atoms with Crippen LogP contribution in [0.3, 0.4) is 0 Å². The Bertz CT molecular complexity index is 288. The van der Waals surface area contributed by atoms with E-state index in [2.05, 4.69) is 62.3 Å². The molecule has 0 saturated heterocycles. The Hall–Kier alpha value is 0. The normalized spacial score (nSPS) is 18.4. The smallest absolute Gasteiger partial charge is 0.0394 e. The van der Waals surface area contributed by atoms with Gasteiger partial charge < -0.3 is 0 Å². The molecular formula is C25H52. The van der Waals surface area contributed by atoms with Crippen LogP contribution >= 0.6 is 0 Å². The van der Waals surface area contributed by atoms with Gasteiger partial charge in [-0.15, -0.1) is 0 Å². The summed E-state index contributed by atoms with van der Waals surface area (Å²) in [6.45, 7) is 21.8. The number of rotatable bonds is 15. The van der Waals surface area contributed by atoms with Crippen LogP contribution in [0.1, 0.15) is 120 Å². The molecule has 152 valence electrons. The maximum atomic E-state index is 2.50. The van der Waals surface area contributed by atoms with Crippen molar-refractivity contribution < 1.29 is 0 Å². The first-order chi connectivity index (χ1) is 11.7. The van der Waals surface area contributed by atoms with Gasteiger partial charge in [-0.3, -0.25) is 0 Å². The topological polar surface area (TPSA) is 0 Å². The summed E-state index contributed by atoms with van der Waals surface area (Å²) in [7, 11) is 0. The van der Waals surface area contributed by atoms with E-state index in [-0.39, 0.29) is 0 Å². The van der Waals surface area contributed by atoms with Gasteiger partial charge in [0.2, 0.25) is 0 Å². The van der Waals surface area contributed by atoms with Gasteiger partial charge in [-0.05, 0) is 54.3 Å². The predicted molar refractivity (Wildman–Crippen MR) is 117 cm³/mol. The van der Waals surface area contributed by atoms with Crippen LogP contribution < -0.4 is 0 Å². The fourth-order valence-corrected chi connectivity index (χ4v) is 4.61. The molecule has 0 aromatic rings. The fourth-order valence-electron chi connectivity index (χ4n) is 4.61. The second-order valence-electron chi connectivity index (χ2n) is 9.89. The maximum Gasteiger partial charge on any atom is -0.0394 e. The monoisotopic (exact) mass is 352 g/mol. The lowest BCUT2D eigenvalue weighted by Crippen LogP contribution is -2.14. The summed E-state index contributed by atoms with van der Waals surface area (Å²) in [6, 6.07) is 0. The summed E-state index contributed by atoms with van der Waals surface area (Å²) in [6.07, 6.45) is 12.7. The van der Waals surface area contributed by atoms with Crippen molar-refractivity contribution in [1.29, 1.82) is 0 Å². The Labute approximate surface area is 161 Å². The molecular weight excluding hydrogens is 300 g/mol. The van der Waals surface area contributed by atoms with Crippen LogP contribution in [0, 0.1) is 41.4 Å². The molecule has 0 rings (SSSR count). The average molecular weight is 353 g/mol. The Morgan fingerprint density at radius 3 is 1.48 bits per heavy atom. The maximum absolute atomic E-state index is 2.50. The van der Waals surface area contributed by atoms with E-state index in [0.29, 0.717) is 0 Å². The lowest BCUT2D eigenvalue weighted by atomic mass is 9.80. The second-order valence-corrected chi connectivity index (χ2v) is 9.89. The van der Waals surface area contributed by atoms with E-state index in [1.165, 1.54) is 57.8 Å². The highest BCUT2D eigenvalue weighted by Gasteiger charge is 2.18. The molecule has 0 radical (unpaired) electrons. The summed E-state index contributed by atoms with van der Waals surface area (Å²) >= 11 is 0. The van der Waals surface area contributed by atoms with Crippen LogP contribution in [-0.4, -0.2) is 0 Å². The molecule has 0 N–H and O–H groups in total. The van der Waals surface area contributed by atoms with E-state index in [1.807, 2.05) is 0 Å². The number of hydrogen-bond acceptors (Lipinski definition) is 0. The van der Waals surface area contributed by atoms with Crippen LogP contribution in [0.4, 0.5) is 0 Å². The molecule has 0 heteroatoms. The van der Waals surface area contributed by atoms with E-state index in [0.717, 1.165) is 41.4 Å². The van der Waals surface area contributed by atoms with Crippen molar-refractivity contribution in [1.82, 2.24) is 0 Å². The zero-order valence-electron chi connectivity index (χ0n) is 19.4. The molecule has 0 heterocycles. The van der Waals surface area contributed by atoms with Gasteiger partial charge in [-0.2, -0.15) is 0 Å².